The first-order chi connectivity index (χ1) is 9.65. The Kier molecular flexibility index (Phi) is 4.84. The Bertz CT molecular complexity index is 504. The van der Waals surface area contributed by atoms with Crippen molar-refractivity contribution in [3.05, 3.63) is 46.0 Å². The van der Waals surface area contributed by atoms with Crippen molar-refractivity contribution in [3.63, 3.8) is 0 Å². The van der Waals surface area contributed by atoms with E-state index >= 15 is 0 Å². The topological polar surface area (TPSA) is 81.5 Å². The largest absolute Gasteiger partial charge is 0.270 e. The first-order valence-corrected chi connectivity index (χ1v) is 6.53. The SMILES string of the molecule is O=C(/C=C/c1ccc([N+](=O)[O-])cc1)NOC1CCCC1. The minimum atomic E-state index is -0.463. The van der Waals surface area contributed by atoms with Gasteiger partial charge in [-0.3, -0.25) is 19.7 Å². The minimum absolute atomic E-state index is 0.0242. The van der Waals surface area contributed by atoms with Gasteiger partial charge in [0.25, 0.3) is 11.6 Å². The maximum Gasteiger partial charge on any atom is 0.269 e. The summed E-state index contributed by atoms with van der Waals surface area (Å²) in [6.07, 6.45) is 7.27. The standard InChI is InChI=1S/C14H16N2O4/c17-14(15-20-13-3-1-2-4-13)10-7-11-5-8-12(9-6-11)16(18)19/h5-10,13H,1-4H2,(H,15,17)/b10-7+. The van der Waals surface area contributed by atoms with Gasteiger partial charge in [-0.05, 0) is 36.6 Å². The lowest BCUT2D eigenvalue weighted by molar-refractivity contribution is -0.384. The van der Waals surface area contributed by atoms with E-state index in [1.165, 1.54) is 18.2 Å². The van der Waals surface area contributed by atoms with Crippen LogP contribution in [-0.2, 0) is 9.63 Å². The van der Waals surface area contributed by atoms with Crippen LogP contribution in [0.25, 0.3) is 6.08 Å². The van der Waals surface area contributed by atoms with Gasteiger partial charge < -0.3 is 0 Å². The highest BCUT2D eigenvalue weighted by Gasteiger charge is 2.16. The molecule has 1 aliphatic rings. The van der Waals surface area contributed by atoms with E-state index in [0.717, 1.165) is 25.7 Å². The Labute approximate surface area is 116 Å². The molecule has 1 amide bonds. The second kappa shape index (κ2) is 6.81. The highest BCUT2D eigenvalue weighted by Crippen LogP contribution is 2.19. The lowest BCUT2D eigenvalue weighted by Crippen LogP contribution is -2.26. The number of hydroxylamine groups is 1. The first-order valence-electron chi connectivity index (χ1n) is 6.53. The van der Waals surface area contributed by atoms with Crippen LogP contribution in [0.2, 0.25) is 0 Å². The monoisotopic (exact) mass is 276 g/mol. The molecule has 1 aromatic rings. The van der Waals surface area contributed by atoms with Gasteiger partial charge in [-0.1, -0.05) is 12.8 Å². The van der Waals surface area contributed by atoms with Gasteiger partial charge in [0.15, 0.2) is 0 Å². The Morgan fingerprint density at radius 2 is 1.95 bits per heavy atom. The molecule has 1 saturated carbocycles. The van der Waals surface area contributed by atoms with Crippen molar-refractivity contribution in [2.75, 3.05) is 0 Å². The molecule has 2 rings (SSSR count). The van der Waals surface area contributed by atoms with Crippen LogP contribution in [0.4, 0.5) is 5.69 Å². The van der Waals surface area contributed by atoms with Gasteiger partial charge in [-0.25, -0.2) is 5.48 Å². The van der Waals surface area contributed by atoms with Gasteiger partial charge in [0.05, 0.1) is 11.0 Å². The van der Waals surface area contributed by atoms with Gasteiger partial charge in [-0.15, -0.1) is 0 Å². The average Bonchev–Trinajstić information content (AvgIpc) is 2.96. The van der Waals surface area contributed by atoms with Gasteiger partial charge in [-0.2, -0.15) is 0 Å². The lowest BCUT2D eigenvalue weighted by atomic mass is 10.2. The number of amides is 1. The second-order valence-electron chi connectivity index (χ2n) is 4.67. The molecule has 1 N–H and O–H groups in total. The molecule has 6 nitrogen and oxygen atoms in total. The van der Waals surface area contributed by atoms with E-state index in [1.807, 2.05) is 0 Å². The van der Waals surface area contributed by atoms with Crippen molar-refractivity contribution in [1.29, 1.82) is 0 Å². The van der Waals surface area contributed by atoms with Crippen LogP contribution < -0.4 is 5.48 Å². The summed E-state index contributed by atoms with van der Waals surface area (Å²) in [6, 6.07) is 5.96. The van der Waals surface area contributed by atoms with Gasteiger partial charge in [0.2, 0.25) is 0 Å². The molecular formula is C14H16N2O4. The summed E-state index contributed by atoms with van der Waals surface area (Å²) in [5.74, 6) is -0.338. The third-order valence-electron chi connectivity index (χ3n) is 3.16. The van der Waals surface area contributed by atoms with Crippen LogP contribution in [-0.4, -0.2) is 16.9 Å². The zero-order chi connectivity index (χ0) is 14.4. The zero-order valence-corrected chi connectivity index (χ0v) is 11.0. The van der Waals surface area contributed by atoms with Crippen molar-refractivity contribution in [3.8, 4) is 0 Å². The van der Waals surface area contributed by atoms with E-state index in [0.29, 0.717) is 5.56 Å². The molecule has 6 heteroatoms. The van der Waals surface area contributed by atoms with Crippen LogP contribution in [0.5, 0.6) is 0 Å². The highest BCUT2D eigenvalue weighted by molar-refractivity contribution is 5.90. The van der Waals surface area contributed by atoms with Gasteiger partial charge >= 0.3 is 0 Å². The third-order valence-corrected chi connectivity index (χ3v) is 3.16. The third kappa shape index (κ3) is 4.17. The van der Waals surface area contributed by atoms with Crippen LogP contribution in [0, 0.1) is 10.1 Å². The van der Waals surface area contributed by atoms with Crippen molar-refractivity contribution in [2.45, 2.75) is 31.8 Å². The quantitative estimate of drug-likeness (QED) is 0.509. The smallest absolute Gasteiger partial charge is 0.269 e. The molecule has 0 bridgehead atoms. The number of nitrogens with zero attached hydrogens (tertiary/aromatic N) is 1. The number of hydrogen-bond donors (Lipinski definition) is 1. The molecule has 0 atom stereocenters. The van der Waals surface area contributed by atoms with E-state index in [1.54, 1.807) is 18.2 Å². The van der Waals surface area contributed by atoms with E-state index in [4.69, 9.17) is 4.84 Å². The van der Waals surface area contributed by atoms with Gasteiger partial charge in [0.1, 0.15) is 0 Å². The predicted octanol–water partition coefficient (Wildman–Crippen LogP) is 2.60. The van der Waals surface area contributed by atoms with Crippen molar-refractivity contribution in [1.82, 2.24) is 5.48 Å². The number of benzene rings is 1. The summed E-state index contributed by atoms with van der Waals surface area (Å²) in [6.45, 7) is 0. The zero-order valence-electron chi connectivity index (χ0n) is 11.0. The highest BCUT2D eigenvalue weighted by atomic mass is 16.7. The summed E-state index contributed by atoms with van der Waals surface area (Å²) in [5, 5.41) is 10.5. The number of nitro groups is 1. The number of hydrogen-bond acceptors (Lipinski definition) is 4. The van der Waals surface area contributed by atoms with E-state index in [2.05, 4.69) is 5.48 Å². The molecule has 1 aromatic carbocycles. The van der Waals surface area contributed by atoms with Crippen LogP contribution in [0.3, 0.4) is 0 Å². The van der Waals surface area contributed by atoms with Crippen molar-refractivity contribution in [2.24, 2.45) is 0 Å². The molecule has 0 unspecified atom stereocenters. The lowest BCUT2D eigenvalue weighted by Gasteiger charge is -2.09. The number of rotatable bonds is 5. The normalized spacial score (nSPS) is 15.6. The number of carbonyl (C=O) groups excluding carboxylic acids is 1. The Morgan fingerprint density at radius 1 is 1.30 bits per heavy atom. The summed E-state index contributed by atoms with van der Waals surface area (Å²) in [4.78, 5) is 26.8. The number of non-ortho nitro benzene ring substituents is 1. The molecule has 0 saturated heterocycles. The van der Waals surface area contributed by atoms with E-state index in [9.17, 15) is 14.9 Å². The fourth-order valence-corrected chi connectivity index (χ4v) is 2.06. The second-order valence-corrected chi connectivity index (χ2v) is 4.67. The summed E-state index contributed by atoms with van der Waals surface area (Å²) >= 11 is 0. The molecular weight excluding hydrogens is 260 g/mol. The molecule has 0 spiro atoms. The van der Waals surface area contributed by atoms with Crippen LogP contribution in [0.1, 0.15) is 31.2 Å². The predicted molar refractivity (Wildman–Crippen MR) is 73.6 cm³/mol. The number of nitrogens with one attached hydrogen (secondary N) is 1. The van der Waals surface area contributed by atoms with Crippen molar-refractivity contribution >= 4 is 17.7 Å². The molecule has 0 aromatic heterocycles. The average molecular weight is 276 g/mol. The summed E-state index contributed by atoms with van der Waals surface area (Å²) in [5.41, 5.74) is 3.13. The number of carbonyl (C=O) groups is 1. The minimum Gasteiger partial charge on any atom is -0.270 e. The van der Waals surface area contributed by atoms with Crippen LogP contribution >= 0.6 is 0 Å². The van der Waals surface area contributed by atoms with E-state index < -0.39 is 4.92 Å². The van der Waals surface area contributed by atoms with Gasteiger partial charge in [0, 0.05) is 18.2 Å². The Balaban J connectivity index is 1.81. The Morgan fingerprint density at radius 3 is 2.55 bits per heavy atom. The molecule has 1 fully saturated rings. The molecule has 0 aliphatic heterocycles. The van der Waals surface area contributed by atoms with Crippen molar-refractivity contribution < 1.29 is 14.6 Å². The summed E-state index contributed by atoms with van der Waals surface area (Å²) < 4.78 is 0. The molecule has 0 heterocycles. The maximum absolute atomic E-state index is 11.5. The molecule has 0 radical (unpaired) electrons. The maximum atomic E-state index is 11.5. The fourth-order valence-electron chi connectivity index (χ4n) is 2.06. The number of nitro benzene ring substituents is 1. The Hall–Kier alpha value is -2.21. The van der Waals surface area contributed by atoms with E-state index in [-0.39, 0.29) is 17.7 Å². The summed E-state index contributed by atoms with van der Waals surface area (Å²) in [7, 11) is 0. The molecule has 20 heavy (non-hydrogen) atoms. The fraction of sp³-hybridized carbons (Fsp3) is 0.357. The molecule has 1 aliphatic carbocycles. The molecule has 106 valence electrons. The first kappa shape index (κ1) is 14.2. The van der Waals surface area contributed by atoms with Crippen LogP contribution in [0.15, 0.2) is 30.3 Å².